The van der Waals surface area contributed by atoms with Gasteiger partial charge in [0.05, 0.1) is 11.7 Å². The lowest BCUT2D eigenvalue weighted by Gasteiger charge is -2.27. The average molecular weight is 289 g/mol. The SMILES string of the molecule is C=CC(C)(CNC(C)C)Cc1ccn(C2CCCCC2)n1. The van der Waals surface area contributed by atoms with Crippen molar-refractivity contribution < 1.29 is 0 Å². The monoisotopic (exact) mass is 289 g/mol. The fourth-order valence-corrected chi connectivity index (χ4v) is 3.08. The van der Waals surface area contributed by atoms with Gasteiger partial charge in [-0.3, -0.25) is 4.68 Å². The highest BCUT2D eigenvalue weighted by atomic mass is 15.3. The van der Waals surface area contributed by atoms with E-state index in [1.807, 2.05) is 0 Å². The van der Waals surface area contributed by atoms with Crippen LogP contribution in [0.15, 0.2) is 24.9 Å². The molecule has 118 valence electrons. The fraction of sp³-hybridized carbons (Fsp3) is 0.722. The molecule has 0 radical (unpaired) electrons. The van der Waals surface area contributed by atoms with Crippen molar-refractivity contribution in [2.75, 3.05) is 6.54 Å². The topological polar surface area (TPSA) is 29.9 Å². The second kappa shape index (κ2) is 7.26. The molecule has 1 fully saturated rings. The molecule has 3 nitrogen and oxygen atoms in total. The molecule has 1 aliphatic carbocycles. The molecule has 0 aliphatic heterocycles. The first kappa shape index (κ1) is 16.3. The number of aromatic nitrogens is 2. The van der Waals surface area contributed by atoms with Crippen molar-refractivity contribution in [1.29, 1.82) is 0 Å². The van der Waals surface area contributed by atoms with Crippen molar-refractivity contribution in [2.45, 2.75) is 71.4 Å². The fourth-order valence-electron chi connectivity index (χ4n) is 3.08. The van der Waals surface area contributed by atoms with E-state index in [1.54, 1.807) is 0 Å². The smallest absolute Gasteiger partial charge is 0.0633 e. The standard InChI is InChI=1S/C18H31N3/c1-5-18(4,14-19-15(2)3)13-16-11-12-21(20-16)17-9-7-6-8-10-17/h5,11-12,15,17,19H,1,6-10,13-14H2,2-4H3. The molecule has 0 amide bonds. The molecule has 1 aromatic rings. The molecule has 0 aromatic carbocycles. The summed E-state index contributed by atoms with van der Waals surface area (Å²) in [5.74, 6) is 0. The number of nitrogens with one attached hydrogen (secondary N) is 1. The molecule has 1 aliphatic rings. The Labute approximate surface area is 129 Å². The lowest BCUT2D eigenvalue weighted by atomic mass is 9.85. The van der Waals surface area contributed by atoms with E-state index in [0.29, 0.717) is 12.1 Å². The number of hydrogen-bond acceptors (Lipinski definition) is 2. The Balaban J connectivity index is 1.97. The number of nitrogens with zero attached hydrogens (tertiary/aromatic N) is 2. The van der Waals surface area contributed by atoms with E-state index < -0.39 is 0 Å². The van der Waals surface area contributed by atoms with E-state index in [9.17, 15) is 0 Å². The highest BCUT2D eigenvalue weighted by Gasteiger charge is 2.23. The van der Waals surface area contributed by atoms with E-state index in [2.05, 4.69) is 55.7 Å². The van der Waals surface area contributed by atoms with Crippen molar-refractivity contribution in [3.63, 3.8) is 0 Å². The van der Waals surface area contributed by atoms with E-state index in [0.717, 1.165) is 13.0 Å². The summed E-state index contributed by atoms with van der Waals surface area (Å²) in [6, 6.07) is 3.31. The zero-order valence-corrected chi connectivity index (χ0v) is 13.9. The zero-order chi connectivity index (χ0) is 15.3. The summed E-state index contributed by atoms with van der Waals surface area (Å²) in [6.45, 7) is 11.6. The Hall–Kier alpha value is -1.09. The van der Waals surface area contributed by atoms with Crippen molar-refractivity contribution in [3.8, 4) is 0 Å². The van der Waals surface area contributed by atoms with Crippen LogP contribution in [0.5, 0.6) is 0 Å². The van der Waals surface area contributed by atoms with Crippen LogP contribution < -0.4 is 5.32 Å². The third-order valence-corrected chi connectivity index (χ3v) is 4.60. The minimum Gasteiger partial charge on any atom is -0.314 e. The molecule has 1 aromatic heterocycles. The van der Waals surface area contributed by atoms with E-state index in [1.165, 1.54) is 37.8 Å². The van der Waals surface area contributed by atoms with Crippen LogP contribution in [0.2, 0.25) is 0 Å². The Morgan fingerprint density at radius 1 is 1.43 bits per heavy atom. The van der Waals surface area contributed by atoms with Crippen LogP contribution in [0.4, 0.5) is 0 Å². The Morgan fingerprint density at radius 3 is 2.76 bits per heavy atom. The predicted octanol–water partition coefficient (Wildman–Crippen LogP) is 4.12. The number of hydrogen-bond donors (Lipinski definition) is 1. The summed E-state index contributed by atoms with van der Waals surface area (Å²) >= 11 is 0. The molecular formula is C18H31N3. The second-order valence-corrected chi connectivity index (χ2v) is 7.15. The molecule has 2 rings (SSSR count). The molecular weight excluding hydrogens is 258 g/mol. The summed E-state index contributed by atoms with van der Waals surface area (Å²) in [4.78, 5) is 0. The van der Waals surface area contributed by atoms with Gasteiger partial charge >= 0.3 is 0 Å². The van der Waals surface area contributed by atoms with Gasteiger partial charge in [0.25, 0.3) is 0 Å². The summed E-state index contributed by atoms with van der Waals surface area (Å²) in [5, 5.41) is 8.36. The highest BCUT2D eigenvalue weighted by molar-refractivity contribution is 5.08. The van der Waals surface area contributed by atoms with Gasteiger partial charge in [-0.2, -0.15) is 5.10 Å². The van der Waals surface area contributed by atoms with Crippen molar-refractivity contribution >= 4 is 0 Å². The average Bonchev–Trinajstić information content (AvgIpc) is 2.94. The zero-order valence-electron chi connectivity index (χ0n) is 13.9. The normalized spacial score (nSPS) is 19.6. The highest BCUT2D eigenvalue weighted by Crippen LogP contribution is 2.28. The Morgan fingerprint density at radius 2 is 2.14 bits per heavy atom. The van der Waals surface area contributed by atoms with Crippen LogP contribution >= 0.6 is 0 Å². The molecule has 1 heterocycles. The van der Waals surface area contributed by atoms with Gasteiger partial charge in [-0.1, -0.05) is 46.1 Å². The Kier molecular flexibility index (Phi) is 5.63. The first-order valence-corrected chi connectivity index (χ1v) is 8.43. The van der Waals surface area contributed by atoms with Crippen LogP contribution in [-0.4, -0.2) is 22.4 Å². The second-order valence-electron chi connectivity index (χ2n) is 7.15. The van der Waals surface area contributed by atoms with Gasteiger partial charge in [0.1, 0.15) is 0 Å². The van der Waals surface area contributed by atoms with Crippen molar-refractivity contribution in [2.24, 2.45) is 5.41 Å². The van der Waals surface area contributed by atoms with Crippen molar-refractivity contribution in [3.05, 3.63) is 30.6 Å². The van der Waals surface area contributed by atoms with Gasteiger partial charge in [-0.15, -0.1) is 6.58 Å². The minimum atomic E-state index is 0.0655. The third-order valence-electron chi connectivity index (χ3n) is 4.60. The Bertz CT molecular complexity index is 443. The first-order chi connectivity index (χ1) is 10.0. The summed E-state index contributed by atoms with van der Waals surface area (Å²) in [5.41, 5.74) is 1.25. The molecule has 1 saturated carbocycles. The van der Waals surface area contributed by atoms with E-state index in [-0.39, 0.29) is 5.41 Å². The summed E-state index contributed by atoms with van der Waals surface area (Å²) in [6.07, 6.45) is 11.9. The first-order valence-electron chi connectivity index (χ1n) is 8.43. The molecule has 0 bridgehead atoms. The van der Waals surface area contributed by atoms with Crippen LogP contribution in [0.1, 0.15) is 64.6 Å². The maximum absolute atomic E-state index is 4.84. The minimum absolute atomic E-state index is 0.0655. The molecule has 21 heavy (non-hydrogen) atoms. The van der Waals surface area contributed by atoms with Gasteiger partial charge in [0.15, 0.2) is 0 Å². The van der Waals surface area contributed by atoms with Crippen LogP contribution in [-0.2, 0) is 6.42 Å². The van der Waals surface area contributed by atoms with Gasteiger partial charge < -0.3 is 5.32 Å². The van der Waals surface area contributed by atoms with Gasteiger partial charge in [-0.25, -0.2) is 0 Å². The molecule has 0 spiro atoms. The molecule has 1 atom stereocenters. The van der Waals surface area contributed by atoms with Crippen LogP contribution in [0, 0.1) is 5.41 Å². The largest absolute Gasteiger partial charge is 0.314 e. The lowest BCUT2D eigenvalue weighted by Crippen LogP contribution is -2.36. The quantitative estimate of drug-likeness (QED) is 0.765. The predicted molar refractivity (Wildman–Crippen MR) is 89.5 cm³/mol. The van der Waals surface area contributed by atoms with Crippen LogP contribution in [0.25, 0.3) is 0 Å². The van der Waals surface area contributed by atoms with Gasteiger partial charge in [-0.05, 0) is 18.9 Å². The maximum Gasteiger partial charge on any atom is 0.0633 e. The molecule has 3 heteroatoms. The molecule has 1 N–H and O–H groups in total. The maximum atomic E-state index is 4.84. The lowest BCUT2D eigenvalue weighted by molar-refractivity contribution is 0.323. The molecule has 0 saturated heterocycles. The molecule has 1 unspecified atom stereocenters. The third kappa shape index (κ3) is 4.70. The van der Waals surface area contributed by atoms with E-state index >= 15 is 0 Å². The number of rotatable bonds is 7. The summed E-state index contributed by atoms with van der Waals surface area (Å²) in [7, 11) is 0. The van der Waals surface area contributed by atoms with Gasteiger partial charge in [0.2, 0.25) is 0 Å². The van der Waals surface area contributed by atoms with Gasteiger partial charge in [0, 0.05) is 30.6 Å². The van der Waals surface area contributed by atoms with E-state index in [4.69, 9.17) is 5.10 Å². The van der Waals surface area contributed by atoms with Crippen molar-refractivity contribution in [1.82, 2.24) is 15.1 Å². The van der Waals surface area contributed by atoms with Crippen LogP contribution in [0.3, 0.4) is 0 Å². The summed E-state index contributed by atoms with van der Waals surface area (Å²) < 4.78 is 2.20.